The zero-order valence-corrected chi connectivity index (χ0v) is 7.77. The third-order valence-corrected chi connectivity index (χ3v) is 1.79. The molecule has 1 nitrogen and oxygen atoms in total. The minimum absolute atomic E-state index is 0. The van der Waals surface area contributed by atoms with E-state index in [1.807, 2.05) is 13.0 Å². The van der Waals surface area contributed by atoms with Crippen molar-refractivity contribution < 1.29 is 4.39 Å². The van der Waals surface area contributed by atoms with Crippen molar-refractivity contribution in [3.8, 4) is 0 Å². The number of benzene rings is 1. The van der Waals surface area contributed by atoms with Gasteiger partial charge in [0, 0.05) is 0 Å². The Labute approximate surface area is 78.2 Å². The summed E-state index contributed by atoms with van der Waals surface area (Å²) in [5.41, 5.74) is 6.11. The first-order valence-corrected chi connectivity index (χ1v) is 3.70. The summed E-state index contributed by atoms with van der Waals surface area (Å²) < 4.78 is 13.0. The van der Waals surface area contributed by atoms with Crippen LogP contribution in [-0.2, 0) is 0 Å². The molecule has 0 unspecified atom stereocenters. The zero-order chi connectivity index (χ0) is 8.27. The van der Waals surface area contributed by atoms with Gasteiger partial charge in [0.05, 0.1) is 0 Å². The summed E-state index contributed by atoms with van der Waals surface area (Å²) in [5, 5.41) is 0. The monoisotopic (exact) mass is 189 g/mol. The van der Waals surface area contributed by atoms with E-state index < -0.39 is 0 Å². The lowest BCUT2D eigenvalue weighted by Crippen LogP contribution is -2.10. The second kappa shape index (κ2) is 5.12. The molecule has 0 saturated heterocycles. The Bertz CT molecular complexity index is 240. The van der Waals surface area contributed by atoms with Gasteiger partial charge in [-0.3, -0.25) is 0 Å². The second-order valence-corrected chi connectivity index (χ2v) is 2.66. The molecule has 1 aromatic rings. The molecular weight excluding hydrogens is 177 g/mol. The lowest BCUT2D eigenvalue weighted by molar-refractivity contribution is 0.590. The Morgan fingerprint density at radius 3 is 2.50 bits per heavy atom. The van der Waals surface area contributed by atoms with Crippen LogP contribution in [0.3, 0.4) is 0 Å². The molecule has 0 saturated carbocycles. The van der Waals surface area contributed by atoms with Gasteiger partial charge in [-0.2, -0.15) is 0 Å². The largest absolute Gasteiger partial charge is 0.330 e. The number of hydrogen-bond acceptors (Lipinski definition) is 1. The van der Waals surface area contributed by atoms with Crippen LogP contribution in [0.15, 0.2) is 24.3 Å². The SMILES string of the molecule is C[C@H](CN)c1ccccc1F.Cl. The third kappa shape index (κ3) is 2.47. The summed E-state index contributed by atoms with van der Waals surface area (Å²) in [7, 11) is 0. The minimum Gasteiger partial charge on any atom is -0.330 e. The van der Waals surface area contributed by atoms with E-state index in [-0.39, 0.29) is 24.1 Å². The Morgan fingerprint density at radius 2 is 2.00 bits per heavy atom. The highest BCUT2D eigenvalue weighted by Crippen LogP contribution is 2.16. The van der Waals surface area contributed by atoms with Crippen molar-refractivity contribution >= 4 is 12.4 Å². The van der Waals surface area contributed by atoms with Gasteiger partial charge in [0.1, 0.15) is 5.82 Å². The molecule has 0 spiro atoms. The summed E-state index contributed by atoms with van der Waals surface area (Å²) in [6.07, 6.45) is 0. The molecule has 1 rings (SSSR count). The van der Waals surface area contributed by atoms with Gasteiger partial charge < -0.3 is 5.73 Å². The Kier molecular flexibility index (Phi) is 4.86. The van der Waals surface area contributed by atoms with Crippen LogP contribution >= 0.6 is 12.4 Å². The molecule has 1 aromatic carbocycles. The van der Waals surface area contributed by atoms with E-state index in [4.69, 9.17) is 5.73 Å². The first-order valence-electron chi connectivity index (χ1n) is 3.70. The maximum Gasteiger partial charge on any atom is 0.126 e. The Balaban J connectivity index is 0.00000121. The van der Waals surface area contributed by atoms with Crippen molar-refractivity contribution in [1.29, 1.82) is 0 Å². The van der Waals surface area contributed by atoms with E-state index in [1.54, 1.807) is 12.1 Å². The topological polar surface area (TPSA) is 26.0 Å². The summed E-state index contributed by atoms with van der Waals surface area (Å²) in [6, 6.07) is 6.74. The molecule has 2 N–H and O–H groups in total. The maximum atomic E-state index is 13.0. The Hall–Kier alpha value is -0.600. The van der Waals surface area contributed by atoms with E-state index in [0.717, 1.165) is 0 Å². The lowest BCUT2D eigenvalue weighted by atomic mass is 10.0. The standard InChI is InChI=1S/C9H12FN.ClH/c1-7(6-11)8-4-2-3-5-9(8)10;/h2-5,7H,6,11H2,1H3;1H/t7-;/m1./s1. The minimum atomic E-state index is -0.162. The van der Waals surface area contributed by atoms with Gasteiger partial charge in [-0.1, -0.05) is 25.1 Å². The normalized spacial score (nSPS) is 11.9. The number of hydrogen-bond donors (Lipinski definition) is 1. The van der Waals surface area contributed by atoms with Crippen molar-refractivity contribution in [3.05, 3.63) is 35.6 Å². The van der Waals surface area contributed by atoms with Gasteiger partial charge in [-0.05, 0) is 24.1 Å². The zero-order valence-electron chi connectivity index (χ0n) is 6.96. The summed E-state index contributed by atoms with van der Waals surface area (Å²) in [6.45, 7) is 2.40. The number of nitrogens with two attached hydrogens (primary N) is 1. The van der Waals surface area contributed by atoms with Crippen LogP contribution in [0.5, 0.6) is 0 Å². The molecule has 0 fully saturated rings. The predicted molar refractivity (Wildman–Crippen MR) is 51.1 cm³/mol. The summed E-state index contributed by atoms with van der Waals surface area (Å²) >= 11 is 0. The molecular formula is C9H13ClFN. The van der Waals surface area contributed by atoms with Crippen molar-refractivity contribution in [3.63, 3.8) is 0 Å². The second-order valence-electron chi connectivity index (χ2n) is 2.66. The van der Waals surface area contributed by atoms with Crippen LogP contribution in [0, 0.1) is 5.82 Å². The van der Waals surface area contributed by atoms with Gasteiger partial charge >= 0.3 is 0 Å². The van der Waals surface area contributed by atoms with E-state index in [0.29, 0.717) is 12.1 Å². The van der Waals surface area contributed by atoms with Gasteiger partial charge in [0.15, 0.2) is 0 Å². The van der Waals surface area contributed by atoms with Gasteiger partial charge in [-0.15, -0.1) is 12.4 Å². The molecule has 68 valence electrons. The quantitative estimate of drug-likeness (QED) is 0.759. The molecule has 0 bridgehead atoms. The molecule has 0 amide bonds. The first-order chi connectivity index (χ1) is 5.25. The van der Waals surface area contributed by atoms with E-state index in [2.05, 4.69) is 0 Å². The molecule has 0 aliphatic carbocycles. The van der Waals surface area contributed by atoms with Crippen LogP contribution in [0.4, 0.5) is 4.39 Å². The van der Waals surface area contributed by atoms with E-state index in [9.17, 15) is 4.39 Å². The smallest absolute Gasteiger partial charge is 0.126 e. The van der Waals surface area contributed by atoms with Crippen molar-refractivity contribution in [1.82, 2.24) is 0 Å². The highest BCUT2D eigenvalue weighted by Gasteiger charge is 2.06. The van der Waals surface area contributed by atoms with Crippen molar-refractivity contribution in [2.24, 2.45) is 5.73 Å². The lowest BCUT2D eigenvalue weighted by Gasteiger charge is -2.08. The van der Waals surface area contributed by atoms with Crippen molar-refractivity contribution in [2.45, 2.75) is 12.8 Å². The van der Waals surface area contributed by atoms with E-state index in [1.165, 1.54) is 6.07 Å². The number of halogens is 2. The summed E-state index contributed by atoms with van der Waals surface area (Å²) in [5.74, 6) is -0.0540. The van der Waals surface area contributed by atoms with Crippen molar-refractivity contribution in [2.75, 3.05) is 6.54 Å². The molecule has 0 heterocycles. The van der Waals surface area contributed by atoms with Gasteiger partial charge in [0.2, 0.25) is 0 Å². The molecule has 3 heteroatoms. The highest BCUT2D eigenvalue weighted by atomic mass is 35.5. The molecule has 1 atom stereocenters. The van der Waals surface area contributed by atoms with Crippen LogP contribution < -0.4 is 5.73 Å². The van der Waals surface area contributed by atoms with Crippen LogP contribution in [-0.4, -0.2) is 6.54 Å². The number of rotatable bonds is 2. The van der Waals surface area contributed by atoms with Crippen LogP contribution in [0.25, 0.3) is 0 Å². The Morgan fingerprint density at radius 1 is 1.42 bits per heavy atom. The molecule has 0 radical (unpaired) electrons. The average molecular weight is 190 g/mol. The summed E-state index contributed by atoms with van der Waals surface area (Å²) in [4.78, 5) is 0. The fraction of sp³-hybridized carbons (Fsp3) is 0.333. The average Bonchev–Trinajstić information content (AvgIpc) is 2.04. The molecule has 0 aromatic heterocycles. The van der Waals surface area contributed by atoms with Crippen LogP contribution in [0.1, 0.15) is 18.4 Å². The third-order valence-electron chi connectivity index (χ3n) is 1.79. The van der Waals surface area contributed by atoms with E-state index >= 15 is 0 Å². The first kappa shape index (κ1) is 11.4. The van der Waals surface area contributed by atoms with Crippen LogP contribution in [0.2, 0.25) is 0 Å². The fourth-order valence-electron chi connectivity index (χ4n) is 1.00. The maximum absolute atomic E-state index is 13.0. The molecule has 0 aliphatic rings. The predicted octanol–water partition coefficient (Wildman–Crippen LogP) is 2.31. The van der Waals surface area contributed by atoms with Gasteiger partial charge in [-0.25, -0.2) is 4.39 Å². The molecule has 12 heavy (non-hydrogen) atoms. The highest BCUT2D eigenvalue weighted by molar-refractivity contribution is 5.85. The van der Waals surface area contributed by atoms with Gasteiger partial charge in [0.25, 0.3) is 0 Å². The molecule has 0 aliphatic heterocycles. The fourth-order valence-corrected chi connectivity index (χ4v) is 1.00.